The third kappa shape index (κ3) is 6.12. The van der Waals surface area contributed by atoms with Crippen molar-refractivity contribution >= 4 is 24.0 Å². The molecule has 0 aliphatic heterocycles. The lowest BCUT2D eigenvalue weighted by Crippen LogP contribution is -2.33. The van der Waals surface area contributed by atoms with Gasteiger partial charge in [0.2, 0.25) is 0 Å². The fourth-order valence-corrected chi connectivity index (χ4v) is 5.27. The number of hydrogen-bond donors (Lipinski definition) is 0. The molecule has 0 aromatic carbocycles. The van der Waals surface area contributed by atoms with Gasteiger partial charge in [-0.1, -0.05) is 13.1 Å². The molecule has 0 radical (unpaired) electrons. The number of carbonyl (C=O) groups excluding carboxylic acids is 1. The number of carbonyl (C=O) groups is 1. The molecule has 0 atom stereocenters. The van der Waals surface area contributed by atoms with Crippen molar-refractivity contribution in [3.05, 3.63) is 12.2 Å². The van der Waals surface area contributed by atoms with Gasteiger partial charge in [-0.15, -0.1) is 0 Å². The van der Waals surface area contributed by atoms with Crippen LogP contribution in [0, 0.1) is 0 Å². The van der Waals surface area contributed by atoms with Crippen LogP contribution in [-0.2, 0) is 13.6 Å². The van der Waals surface area contributed by atoms with Crippen molar-refractivity contribution in [3.8, 4) is 0 Å². The summed E-state index contributed by atoms with van der Waals surface area (Å²) >= 11 is 0. The first-order chi connectivity index (χ1) is 6.39. The highest BCUT2D eigenvalue weighted by atomic mass is 28.4. The Morgan fingerprint density at radius 2 is 2.07 bits per heavy atom. The highest BCUT2D eigenvalue weighted by Gasteiger charge is 2.21. The normalized spacial score (nSPS) is 12.0. The lowest BCUT2D eigenvalue weighted by molar-refractivity contribution is -0.138. The monoisotopic (exact) mass is 232 g/mol. The molecule has 0 aromatic rings. The topological polar surface area (TPSA) is 35.5 Å². The quantitative estimate of drug-likeness (QED) is 0.395. The van der Waals surface area contributed by atoms with Gasteiger partial charge in [0, 0.05) is 5.57 Å². The molecular formula is C9H20O3Si2. The van der Waals surface area contributed by atoms with Gasteiger partial charge in [0.15, 0.2) is 8.32 Å². The average molecular weight is 232 g/mol. The van der Waals surface area contributed by atoms with Crippen LogP contribution in [0.25, 0.3) is 0 Å². The molecular weight excluding hydrogens is 212 g/mol. The van der Waals surface area contributed by atoms with Gasteiger partial charge in [-0.05, 0) is 26.1 Å². The molecule has 0 bridgehead atoms. The summed E-state index contributed by atoms with van der Waals surface area (Å²) in [5.41, 5.74) is 0.454. The fraction of sp³-hybridized carbons (Fsp3) is 0.667. The Kier molecular flexibility index (Phi) is 5.98. The summed E-state index contributed by atoms with van der Waals surface area (Å²) in [5.74, 6) is -0.302. The van der Waals surface area contributed by atoms with E-state index in [1.54, 1.807) is 6.92 Å². The maximum Gasteiger partial charge on any atom is 0.333 e. The van der Waals surface area contributed by atoms with Crippen LogP contribution in [0.3, 0.4) is 0 Å². The molecule has 0 spiro atoms. The fourth-order valence-electron chi connectivity index (χ4n) is 0.976. The summed E-state index contributed by atoms with van der Waals surface area (Å²) in [4.78, 5) is 11.0. The molecule has 5 heteroatoms. The van der Waals surface area contributed by atoms with Gasteiger partial charge in [-0.25, -0.2) is 4.79 Å². The molecule has 0 aromatic heterocycles. The van der Waals surface area contributed by atoms with E-state index in [0.717, 1.165) is 6.04 Å². The van der Waals surface area contributed by atoms with Crippen molar-refractivity contribution in [2.45, 2.75) is 32.6 Å². The maximum absolute atomic E-state index is 11.0. The van der Waals surface area contributed by atoms with Crippen LogP contribution >= 0.6 is 0 Å². The Hall–Kier alpha value is -0.396. The molecule has 0 saturated carbocycles. The Balaban J connectivity index is 3.73. The molecule has 0 fully saturated rings. The molecule has 0 rings (SSSR count). The molecule has 3 nitrogen and oxygen atoms in total. The van der Waals surface area contributed by atoms with E-state index in [1.807, 2.05) is 0 Å². The smallest absolute Gasteiger partial charge is 0.333 e. The van der Waals surface area contributed by atoms with Gasteiger partial charge < -0.3 is 8.85 Å². The molecule has 82 valence electrons. The summed E-state index contributed by atoms with van der Waals surface area (Å²) in [6.45, 7) is 12.1. The minimum absolute atomic E-state index is 0.302. The lowest BCUT2D eigenvalue weighted by Gasteiger charge is -2.22. The van der Waals surface area contributed by atoms with Gasteiger partial charge in [0.05, 0.1) is 6.61 Å². The third-order valence-electron chi connectivity index (χ3n) is 1.82. The second kappa shape index (κ2) is 6.16. The van der Waals surface area contributed by atoms with E-state index in [0.29, 0.717) is 12.2 Å². The zero-order valence-corrected chi connectivity index (χ0v) is 12.0. The Labute approximate surface area is 89.6 Å². The van der Waals surface area contributed by atoms with Crippen molar-refractivity contribution in [2.24, 2.45) is 0 Å². The summed E-state index contributed by atoms with van der Waals surface area (Å²) in [6, 6.07) is 0.868. The molecule has 0 aliphatic rings. The van der Waals surface area contributed by atoms with Crippen molar-refractivity contribution in [1.82, 2.24) is 0 Å². The first kappa shape index (κ1) is 13.6. The number of hydrogen-bond acceptors (Lipinski definition) is 3. The van der Waals surface area contributed by atoms with Crippen molar-refractivity contribution in [3.63, 3.8) is 0 Å². The van der Waals surface area contributed by atoms with Crippen molar-refractivity contribution < 1.29 is 13.6 Å². The van der Waals surface area contributed by atoms with Gasteiger partial charge in [0.1, 0.15) is 9.76 Å². The van der Waals surface area contributed by atoms with E-state index >= 15 is 0 Å². The predicted molar refractivity (Wildman–Crippen MR) is 63.6 cm³/mol. The second-order valence-electron chi connectivity index (χ2n) is 3.86. The van der Waals surface area contributed by atoms with Crippen molar-refractivity contribution in [2.75, 3.05) is 6.61 Å². The molecule has 0 aliphatic carbocycles. The van der Waals surface area contributed by atoms with Gasteiger partial charge in [0.25, 0.3) is 0 Å². The predicted octanol–water partition coefficient (Wildman–Crippen LogP) is 1.46. The Morgan fingerprint density at radius 3 is 2.50 bits per heavy atom. The summed E-state index contributed by atoms with van der Waals surface area (Å²) in [7, 11) is -1.90. The number of rotatable bonds is 6. The summed E-state index contributed by atoms with van der Waals surface area (Å²) in [6.07, 6.45) is 0. The number of esters is 1. The van der Waals surface area contributed by atoms with Gasteiger partial charge in [-0.3, -0.25) is 0 Å². The van der Waals surface area contributed by atoms with Crippen LogP contribution in [0.1, 0.15) is 6.92 Å². The van der Waals surface area contributed by atoms with E-state index in [9.17, 15) is 4.79 Å². The molecule has 0 unspecified atom stereocenters. The van der Waals surface area contributed by atoms with E-state index in [4.69, 9.17) is 8.85 Å². The third-order valence-corrected chi connectivity index (χ3v) is 7.51. The summed E-state index contributed by atoms with van der Waals surface area (Å²) < 4.78 is 10.8. The Bertz CT molecular complexity index is 214. The maximum atomic E-state index is 11.0. The Morgan fingerprint density at radius 1 is 1.50 bits per heavy atom. The van der Waals surface area contributed by atoms with Crippen LogP contribution in [0.15, 0.2) is 12.2 Å². The van der Waals surface area contributed by atoms with Crippen LogP contribution in [0.2, 0.25) is 25.7 Å². The van der Waals surface area contributed by atoms with Crippen LogP contribution in [0.4, 0.5) is 0 Å². The zero-order valence-electron chi connectivity index (χ0n) is 9.55. The highest BCUT2D eigenvalue weighted by Crippen LogP contribution is 2.10. The van der Waals surface area contributed by atoms with Crippen LogP contribution in [-0.4, -0.2) is 30.7 Å². The molecule has 0 heterocycles. The van der Waals surface area contributed by atoms with E-state index < -0.39 is 8.32 Å². The molecule has 0 N–H and O–H groups in total. The molecule has 14 heavy (non-hydrogen) atoms. The average Bonchev–Trinajstić information content (AvgIpc) is 2.03. The lowest BCUT2D eigenvalue weighted by atomic mass is 10.4. The van der Waals surface area contributed by atoms with E-state index in [1.165, 1.54) is 0 Å². The largest absolute Gasteiger partial charge is 0.463 e. The first-order valence-corrected chi connectivity index (χ1v) is 9.96. The number of ether oxygens (including phenoxy) is 1. The van der Waals surface area contributed by atoms with Crippen LogP contribution < -0.4 is 0 Å². The first-order valence-electron chi connectivity index (χ1n) is 4.85. The zero-order chi connectivity index (χ0) is 11.2. The second-order valence-corrected chi connectivity index (χ2v) is 9.61. The summed E-state index contributed by atoms with van der Waals surface area (Å²) in [5, 5.41) is 0. The molecule has 0 saturated heterocycles. The van der Waals surface area contributed by atoms with Crippen molar-refractivity contribution in [1.29, 1.82) is 0 Å². The van der Waals surface area contributed by atoms with Gasteiger partial charge in [-0.2, -0.15) is 0 Å². The SMILES string of the molecule is C=C(C)C(=O)OCC[Si](C)(C)O[SiH2]C. The minimum atomic E-state index is -1.55. The van der Waals surface area contributed by atoms with Gasteiger partial charge >= 0.3 is 5.97 Å². The van der Waals surface area contributed by atoms with E-state index in [2.05, 4.69) is 26.2 Å². The van der Waals surface area contributed by atoms with Crippen LogP contribution in [0.5, 0.6) is 0 Å². The molecule has 0 amide bonds. The standard InChI is InChI=1S/C9H20O3Si2/c1-8(2)9(10)11-6-7-14(4,5)12-13-3/h1,6-7,13H2,2-5H3. The van der Waals surface area contributed by atoms with E-state index in [-0.39, 0.29) is 15.7 Å². The minimum Gasteiger partial charge on any atom is -0.463 e. The highest BCUT2D eigenvalue weighted by molar-refractivity contribution is 6.75.